The maximum Gasteiger partial charge on any atom is 0.123 e. The quantitative estimate of drug-likeness (QED) is 0.798. The molecule has 2 heteroatoms. The SMILES string of the molecule is CCC[C@@H](N)c1cc(C)ccc1OC. The van der Waals surface area contributed by atoms with Crippen LogP contribution in [0.3, 0.4) is 0 Å². The van der Waals surface area contributed by atoms with E-state index in [1.165, 1.54) is 5.56 Å². The maximum absolute atomic E-state index is 6.07. The van der Waals surface area contributed by atoms with Crippen molar-refractivity contribution < 1.29 is 4.74 Å². The smallest absolute Gasteiger partial charge is 0.123 e. The summed E-state index contributed by atoms with van der Waals surface area (Å²) in [6, 6.07) is 6.23. The Bertz CT molecular complexity index is 296. The summed E-state index contributed by atoms with van der Waals surface area (Å²) in [6.45, 7) is 4.21. The number of aryl methyl sites for hydroxylation is 1. The molecule has 0 spiro atoms. The molecule has 0 saturated heterocycles. The van der Waals surface area contributed by atoms with Crippen LogP contribution in [0.1, 0.15) is 36.9 Å². The number of rotatable bonds is 4. The molecule has 1 atom stereocenters. The van der Waals surface area contributed by atoms with Crippen LogP contribution in [0.5, 0.6) is 5.75 Å². The first-order valence-electron chi connectivity index (χ1n) is 5.09. The molecule has 0 saturated carbocycles. The lowest BCUT2D eigenvalue weighted by molar-refractivity contribution is 0.404. The predicted molar refractivity (Wildman–Crippen MR) is 59.6 cm³/mol. The molecule has 1 aromatic carbocycles. The Kier molecular flexibility index (Phi) is 3.96. The predicted octanol–water partition coefficient (Wildman–Crippen LogP) is 2.80. The van der Waals surface area contributed by atoms with Gasteiger partial charge in [-0.25, -0.2) is 0 Å². The topological polar surface area (TPSA) is 35.2 Å². The minimum atomic E-state index is 0.0925. The average molecular weight is 193 g/mol. The molecule has 0 heterocycles. The average Bonchev–Trinajstić information content (AvgIpc) is 2.18. The summed E-state index contributed by atoms with van der Waals surface area (Å²) >= 11 is 0. The van der Waals surface area contributed by atoms with E-state index >= 15 is 0 Å². The monoisotopic (exact) mass is 193 g/mol. The fourth-order valence-electron chi connectivity index (χ4n) is 1.61. The molecule has 0 aliphatic carbocycles. The van der Waals surface area contributed by atoms with E-state index in [0.29, 0.717) is 0 Å². The van der Waals surface area contributed by atoms with Crippen molar-refractivity contribution in [3.05, 3.63) is 29.3 Å². The fraction of sp³-hybridized carbons (Fsp3) is 0.500. The van der Waals surface area contributed by atoms with Gasteiger partial charge in [0.05, 0.1) is 7.11 Å². The van der Waals surface area contributed by atoms with Gasteiger partial charge in [0.1, 0.15) is 5.75 Å². The molecule has 1 rings (SSSR count). The fourth-order valence-corrected chi connectivity index (χ4v) is 1.61. The van der Waals surface area contributed by atoms with Gasteiger partial charge in [0.15, 0.2) is 0 Å². The summed E-state index contributed by atoms with van der Waals surface area (Å²) in [5.74, 6) is 0.900. The van der Waals surface area contributed by atoms with Crippen molar-refractivity contribution in [3.8, 4) is 5.75 Å². The second-order valence-electron chi connectivity index (χ2n) is 3.64. The van der Waals surface area contributed by atoms with E-state index in [1.807, 2.05) is 12.1 Å². The molecule has 0 aliphatic heterocycles. The molecule has 0 fully saturated rings. The van der Waals surface area contributed by atoms with Gasteiger partial charge >= 0.3 is 0 Å². The minimum absolute atomic E-state index is 0.0925. The summed E-state index contributed by atoms with van der Waals surface area (Å²) < 4.78 is 5.29. The second-order valence-corrected chi connectivity index (χ2v) is 3.64. The number of hydrogen-bond donors (Lipinski definition) is 1. The summed E-state index contributed by atoms with van der Waals surface area (Å²) in [6.07, 6.45) is 2.10. The van der Waals surface area contributed by atoms with E-state index in [4.69, 9.17) is 10.5 Å². The lowest BCUT2D eigenvalue weighted by Crippen LogP contribution is -2.11. The van der Waals surface area contributed by atoms with Crippen LogP contribution >= 0.6 is 0 Å². The van der Waals surface area contributed by atoms with Gasteiger partial charge in [-0.2, -0.15) is 0 Å². The van der Waals surface area contributed by atoms with Crippen LogP contribution in [0.4, 0.5) is 0 Å². The molecule has 0 amide bonds. The Balaban J connectivity index is 2.97. The molecular weight excluding hydrogens is 174 g/mol. The Morgan fingerprint density at radius 3 is 2.71 bits per heavy atom. The van der Waals surface area contributed by atoms with Crippen LogP contribution in [0.2, 0.25) is 0 Å². The standard InChI is InChI=1S/C12H19NO/c1-4-5-11(13)10-8-9(2)6-7-12(10)14-3/h6-8,11H,4-5,13H2,1-3H3/t11-/m1/s1. The van der Waals surface area contributed by atoms with E-state index in [2.05, 4.69) is 19.9 Å². The summed E-state index contributed by atoms with van der Waals surface area (Å²) in [5.41, 5.74) is 8.42. The normalized spacial score (nSPS) is 12.6. The van der Waals surface area contributed by atoms with Crippen LogP contribution in [0, 0.1) is 6.92 Å². The zero-order valence-electron chi connectivity index (χ0n) is 9.21. The number of methoxy groups -OCH3 is 1. The Labute approximate surface area is 86.1 Å². The number of benzene rings is 1. The molecule has 0 radical (unpaired) electrons. The zero-order chi connectivity index (χ0) is 10.6. The highest BCUT2D eigenvalue weighted by Gasteiger charge is 2.10. The molecule has 0 bridgehead atoms. The molecule has 0 unspecified atom stereocenters. The van der Waals surface area contributed by atoms with E-state index in [0.717, 1.165) is 24.2 Å². The molecular formula is C12H19NO. The Morgan fingerprint density at radius 2 is 2.14 bits per heavy atom. The van der Waals surface area contributed by atoms with Crippen LogP contribution in [-0.4, -0.2) is 7.11 Å². The highest BCUT2D eigenvalue weighted by Crippen LogP contribution is 2.27. The van der Waals surface area contributed by atoms with Crippen molar-refractivity contribution in [2.75, 3.05) is 7.11 Å². The highest BCUT2D eigenvalue weighted by atomic mass is 16.5. The largest absolute Gasteiger partial charge is 0.496 e. The number of ether oxygens (including phenoxy) is 1. The van der Waals surface area contributed by atoms with E-state index in [-0.39, 0.29) is 6.04 Å². The van der Waals surface area contributed by atoms with Gasteiger partial charge in [0.2, 0.25) is 0 Å². The lowest BCUT2D eigenvalue weighted by atomic mass is 10.0. The molecule has 0 aromatic heterocycles. The van der Waals surface area contributed by atoms with Crippen LogP contribution < -0.4 is 10.5 Å². The van der Waals surface area contributed by atoms with Crippen LogP contribution in [0.15, 0.2) is 18.2 Å². The van der Waals surface area contributed by atoms with Crippen molar-refractivity contribution in [3.63, 3.8) is 0 Å². The molecule has 2 N–H and O–H groups in total. The summed E-state index contributed by atoms with van der Waals surface area (Å²) in [5, 5.41) is 0. The van der Waals surface area contributed by atoms with Crippen molar-refractivity contribution >= 4 is 0 Å². The maximum atomic E-state index is 6.07. The van der Waals surface area contributed by atoms with E-state index in [9.17, 15) is 0 Å². The molecule has 78 valence electrons. The van der Waals surface area contributed by atoms with Gasteiger partial charge < -0.3 is 10.5 Å². The molecule has 0 aliphatic rings. The third-order valence-electron chi connectivity index (χ3n) is 2.38. The van der Waals surface area contributed by atoms with Crippen molar-refractivity contribution in [2.24, 2.45) is 5.73 Å². The first kappa shape index (κ1) is 11.1. The van der Waals surface area contributed by atoms with E-state index in [1.54, 1.807) is 7.11 Å². The second kappa shape index (κ2) is 5.01. The van der Waals surface area contributed by atoms with Crippen molar-refractivity contribution in [2.45, 2.75) is 32.7 Å². The van der Waals surface area contributed by atoms with Crippen LogP contribution in [0.25, 0.3) is 0 Å². The molecule has 1 aromatic rings. The van der Waals surface area contributed by atoms with Crippen molar-refractivity contribution in [1.29, 1.82) is 0 Å². The summed E-state index contributed by atoms with van der Waals surface area (Å²) in [4.78, 5) is 0. The highest BCUT2D eigenvalue weighted by molar-refractivity contribution is 5.38. The van der Waals surface area contributed by atoms with Gasteiger partial charge in [-0.1, -0.05) is 31.0 Å². The van der Waals surface area contributed by atoms with Gasteiger partial charge in [-0.05, 0) is 19.4 Å². The number of hydrogen-bond acceptors (Lipinski definition) is 2. The van der Waals surface area contributed by atoms with Crippen LogP contribution in [-0.2, 0) is 0 Å². The third kappa shape index (κ3) is 2.48. The molecule has 2 nitrogen and oxygen atoms in total. The summed E-state index contributed by atoms with van der Waals surface area (Å²) in [7, 11) is 1.69. The van der Waals surface area contributed by atoms with Gasteiger partial charge in [-0.3, -0.25) is 0 Å². The first-order valence-corrected chi connectivity index (χ1v) is 5.09. The molecule has 14 heavy (non-hydrogen) atoms. The van der Waals surface area contributed by atoms with Gasteiger partial charge in [0.25, 0.3) is 0 Å². The Morgan fingerprint density at radius 1 is 1.43 bits per heavy atom. The minimum Gasteiger partial charge on any atom is -0.496 e. The van der Waals surface area contributed by atoms with E-state index < -0.39 is 0 Å². The lowest BCUT2D eigenvalue weighted by Gasteiger charge is -2.15. The first-order chi connectivity index (χ1) is 6.69. The van der Waals surface area contributed by atoms with Gasteiger partial charge in [-0.15, -0.1) is 0 Å². The third-order valence-corrected chi connectivity index (χ3v) is 2.38. The Hall–Kier alpha value is -1.02. The number of nitrogens with two attached hydrogens (primary N) is 1. The zero-order valence-corrected chi connectivity index (χ0v) is 9.21. The van der Waals surface area contributed by atoms with Crippen molar-refractivity contribution in [1.82, 2.24) is 0 Å². The van der Waals surface area contributed by atoms with Gasteiger partial charge in [0, 0.05) is 11.6 Å².